The van der Waals surface area contributed by atoms with Crippen molar-refractivity contribution < 1.29 is 9.59 Å². The lowest BCUT2D eigenvalue weighted by Crippen LogP contribution is -2.41. The molecule has 3 N–H and O–H groups in total. The summed E-state index contributed by atoms with van der Waals surface area (Å²) in [5.41, 5.74) is 9.33. The number of carbonyl (C=O) groups is 2. The van der Waals surface area contributed by atoms with Gasteiger partial charge in [0.05, 0.1) is 11.4 Å². The summed E-state index contributed by atoms with van der Waals surface area (Å²) in [7, 11) is 0. The molecule has 0 radical (unpaired) electrons. The Morgan fingerprint density at radius 1 is 0.935 bits per heavy atom. The minimum Gasteiger partial charge on any atom is -0.353 e. The van der Waals surface area contributed by atoms with Crippen LogP contribution in [0.25, 0.3) is 22.3 Å². The number of hydrazine groups is 1. The van der Waals surface area contributed by atoms with Gasteiger partial charge in [0.2, 0.25) is 5.91 Å². The van der Waals surface area contributed by atoms with E-state index in [1.807, 2.05) is 36.4 Å². The minimum absolute atomic E-state index is 0.249. The zero-order valence-electron chi connectivity index (χ0n) is 16.7. The number of H-pyrrole nitrogens is 1. The summed E-state index contributed by atoms with van der Waals surface area (Å²) in [6.45, 7) is 0. The number of amides is 2. The third-order valence-electron chi connectivity index (χ3n) is 4.99. The number of aryl methyl sites for hydroxylation is 1. The van der Waals surface area contributed by atoms with Crippen LogP contribution in [0.2, 0.25) is 5.02 Å². The minimum atomic E-state index is -0.390. The van der Waals surface area contributed by atoms with Crippen LogP contribution in [0, 0.1) is 0 Å². The third-order valence-corrected chi connectivity index (χ3v) is 5.24. The SMILES string of the molecule is O=C(CCCc1c(-c2ccccn2)[nH]c2ccccc12)NNC(=O)c1ccc(Cl)cc1. The molecule has 0 saturated heterocycles. The van der Waals surface area contributed by atoms with Crippen molar-refractivity contribution in [1.82, 2.24) is 20.8 Å². The number of fused-ring (bicyclic) bond motifs is 1. The molecule has 2 amide bonds. The van der Waals surface area contributed by atoms with Gasteiger partial charge in [-0.25, -0.2) is 0 Å². The zero-order chi connectivity index (χ0) is 21.6. The van der Waals surface area contributed by atoms with E-state index >= 15 is 0 Å². The third kappa shape index (κ3) is 4.92. The van der Waals surface area contributed by atoms with Crippen molar-refractivity contribution in [3.05, 3.63) is 89.1 Å². The lowest BCUT2D eigenvalue weighted by atomic mass is 10.0. The maximum absolute atomic E-state index is 12.2. The van der Waals surface area contributed by atoms with Crippen LogP contribution in [0.15, 0.2) is 72.9 Å². The summed E-state index contributed by atoms with van der Waals surface area (Å²) < 4.78 is 0. The van der Waals surface area contributed by atoms with E-state index in [2.05, 4.69) is 26.9 Å². The number of rotatable bonds is 6. The van der Waals surface area contributed by atoms with Gasteiger partial charge in [0.15, 0.2) is 0 Å². The number of benzene rings is 2. The Bertz CT molecular complexity index is 1200. The molecule has 0 spiro atoms. The number of nitrogens with one attached hydrogen (secondary N) is 3. The molecule has 0 aliphatic rings. The number of pyridine rings is 1. The highest BCUT2D eigenvalue weighted by Crippen LogP contribution is 2.30. The van der Waals surface area contributed by atoms with Gasteiger partial charge in [-0.2, -0.15) is 0 Å². The van der Waals surface area contributed by atoms with E-state index in [1.54, 1.807) is 30.5 Å². The topological polar surface area (TPSA) is 86.9 Å². The van der Waals surface area contributed by atoms with Gasteiger partial charge in [-0.1, -0.05) is 35.9 Å². The molecule has 0 saturated carbocycles. The first-order valence-electron chi connectivity index (χ1n) is 9.97. The van der Waals surface area contributed by atoms with Gasteiger partial charge in [-0.3, -0.25) is 25.4 Å². The second kappa shape index (κ2) is 9.45. The number of carbonyl (C=O) groups excluding carboxylic acids is 2. The Morgan fingerprint density at radius 2 is 1.71 bits per heavy atom. The zero-order valence-corrected chi connectivity index (χ0v) is 17.4. The normalized spacial score (nSPS) is 10.7. The summed E-state index contributed by atoms with van der Waals surface area (Å²) in [5.74, 6) is -0.638. The summed E-state index contributed by atoms with van der Waals surface area (Å²) in [5, 5.41) is 1.67. The predicted octanol–water partition coefficient (Wildman–Crippen LogP) is 4.67. The Labute approximate surface area is 184 Å². The molecule has 0 fully saturated rings. The van der Waals surface area contributed by atoms with E-state index in [0.29, 0.717) is 23.4 Å². The van der Waals surface area contributed by atoms with Gasteiger partial charge in [0, 0.05) is 34.1 Å². The van der Waals surface area contributed by atoms with E-state index in [0.717, 1.165) is 27.9 Å². The van der Waals surface area contributed by atoms with E-state index in [9.17, 15) is 9.59 Å². The number of aromatic amines is 1. The van der Waals surface area contributed by atoms with E-state index in [1.165, 1.54) is 0 Å². The molecule has 0 aliphatic heterocycles. The van der Waals surface area contributed by atoms with Crippen LogP contribution in [0.3, 0.4) is 0 Å². The fraction of sp³-hybridized carbons (Fsp3) is 0.125. The highest BCUT2D eigenvalue weighted by atomic mass is 35.5. The molecule has 2 heterocycles. The Morgan fingerprint density at radius 3 is 2.48 bits per heavy atom. The Balaban J connectivity index is 1.37. The van der Waals surface area contributed by atoms with Gasteiger partial charge in [-0.15, -0.1) is 0 Å². The molecule has 0 bridgehead atoms. The molecule has 0 atom stereocenters. The van der Waals surface area contributed by atoms with Crippen molar-refractivity contribution in [1.29, 1.82) is 0 Å². The molecule has 31 heavy (non-hydrogen) atoms. The molecule has 2 aromatic heterocycles. The van der Waals surface area contributed by atoms with Gasteiger partial charge < -0.3 is 4.98 Å². The van der Waals surface area contributed by atoms with Crippen LogP contribution in [0.4, 0.5) is 0 Å². The number of aromatic nitrogens is 2. The predicted molar refractivity (Wildman–Crippen MR) is 122 cm³/mol. The summed E-state index contributed by atoms with van der Waals surface area (Å²) in [6, 6.07) is 20.3. The van der Waals surface area contributed by atoms with E-state index in [-0.39, 0.29) is 18.2 Å². The maximum Gasteiger partial charge on any atom is 0.269 e. The largest absolute Gasteiger partial charge is 0.353 e. The van der Waals surface area contributed by atoms with Crippen LogP contribution in [-0.4, -0.2) is 21.8 Å². The molecule has 2 aromatic carbocycles. The van der Waals surface area contributed by atoms with Gasteiger partial charge >= 0.3 is 0 Å². The molecule has 4 aromatic rings. The van der Waals surface area contributed by atoms with Crippen molar-refractivity contribution in [3.63, 3.8) is 0 Å². The number of para-hydroxylation sites is 1. The fourth-order valence-corrected chi connectivity index (χ4v) is 3.60. The second-order valence-electron chi connectivity index (χ2n) is 7.10. The molecule has 6 nitrogen and oxygen atoms in total. The second-order valence-corrected chi connectivity index (χ2v) is 7.54. The molecule has 156 valence electrons. The molecular formula is C24H21ClN4O2. The van der Waals surface area contributed by atoms with Crippen LogP contribution < -0.4 is 10.9 Å². The highest BCUT2D eigenvalue weighted by molar-refractivity contribution is 6.30. The smallest absolute Gasteiger partial charge is 0.269 e. The monoisotopic (exact) mass is 432 g/mol. The lowest BCUT2D eigenvalue weighted by molar-refractivity contribution is -0.121. The van der Waals surface area contributed by atoms with Crippen LogP contribution in [0.1, 0.15) is 28.8 Å². The van der Waals surface area contributed by atoms with Crippen LogP contribution >= 0.6 is 11.6 Å². The maximum atomic E-state index is 12.2. The van der Waals surface area contributed by atoms with Crippen molar-refractivity contribution >= 4 is 34.3 Å². The molecule has 4 rings (SSSR count). The summed E-state index contributed by atoms with van der Waals surface area (Å²) in [4.78, 5) is 32.2. The highest BCUT2D eigenvalue weighted by Gasteiger charge is 2.14. The average molecular weight is 433 g/mol. The molecule has 0 unspecified atom stereocenters. The van der Waals surface area contributed by atoms with Crippen molar-refractivity contribution in [2.75, 3.05) is 0 Å². The number of hydrogen-bond acceptors (Lipinski definition) is 3. The van der Waals surface area contributed by atoms with E-state index in [4.69, 9.17) is 11.6 Å². The number of nitrogens with zero attached hydrogens (tertiary/aromatic N) is 1. The van der Waals surface area contributed by atoms with Crippen molar-refractivity contribution in [2.45, 2.75) is 19.3 Å². The Kier molecular flexibility index (Phi) is 6.29. The van der Waals surface area contributed by atoms with E-state index < -0.39 is 0 Å². The molecule has 7 heteroatoms. The van der Waals surface area contributed by atoms with Crippen molar-refractivity contribution in [2.24, 2.45) is 0 Å². The average Bonchev–Trinajstić information content (AvgIpc) is 3.17. The van der Waals surface area contributed by atoms with Gasteiger partial charge in [0.1, 0.15) is 0 Å². The first-order valence-corrected chi connectivity index (χ1v) is 10.4. The first-order chi connectivity index (χ1) is 15.1. The molecule has 0 aliphatic carbocycles. The quantitative estimate of drug-likeness (QED) is 0.387. The first kappa shape index (κ1) is 20.6. The molecular weight excluding hydrogens is 412 g/mol. The van der Waals surface area contributed by atoms with Crippen molar-refractivity contribution in [3.8, 4) is 11.4 Å². The fourth-order valence-electron chi connectivity index (χ4n) is 3.48. The van der Waals surface area contributed by atoms with Gasteiger partial charge in [-0.05, 0) is 60.9 Å². The number of hydrogen-bond donors (Lipinski definition) is 3. The summed E-state index contributed by atoms with van der Waals surface area (Å²) in [6.07, 6.45) is 3.38. The Hall–Kier alpha value is -3.64. The standard InChI is InChI=1S/C24H21ClN4O2/c25-17-13-11-16(12-14-17)24(31)29-28-22(30)10-5-7-19-18-6-1-2-8-20(18)27-23(19)21-9-3-4-15-26-21/h1-4,6,8-9,11-15,27H,5,7,10H2,(H,28,30)(H,29,31). The van der Waals surface area contributed by atoms with Crippen LogP contribution in [0.5, 0.6) is 0 Å². The van der Waals surface area contributed by atoms with Gasteiger partial charge in [0.25, 0.3) is 5.91 Å². The number of halogens is 1. The summed E-state index contributed by atoms with van der Waals surface area (Å²) >= 11 is 5.82. The lowest BCUT2D eigenvalue weighted by Gasteiger charge is -2.08. The van der Waals surface area contributed by atoms with Crippen LogP contribution in [-0.2, 0) is 11.2 Å².